The molecule has 0 aliphatic heterocycles. The highest BCUT2D eigenvalue weighted by Crippen LogP contribution is 2.15. The highest BCUT2D eigenvalue weighted by molar-refractivity contribution is 7.80. The SMILES string of the molecule is NC(=S)CC(=O)NCCc1cccc2cccnc12. The largest absolute Gasteiger partial charge is 0.393 e. The Hall–Kier alpha value is -2.01. The third-order valence-corrected chi connectivity index (χ3v) is 2.91. The zero-order chi connectivity index (χ0) is 13.7. The lowest BCUT2D eigenvalue weighted by molar-refractivity contribution is -0.119. The number of carbonyl (C=O) groups excluding carboxylic acids is 1. The minimum Gasteiger partial charge on any atom is -0.393 e. The molecule has 2 rings (SSSR count). The number of aromatic nitrogens is 1. The van der Waals surface area contributed by atoms with Crippen LogP contribution in [-0.2, 0) is 11.2 Å². The van der Waals surface area contributed by atoms with Crippen molar-refractivity contribution in [2.45, 2.75) is 12.8 Å². The molecular weight excluding hydrogens is 258 g/mol. The van der Waals surface area contributed by atoms with Gasteiger partial charge in [-0.25, -0.2) is 0 Å². The van der Waals surface area contributed by atoms with Crippen molar-refractivity contribution in [1.29, 1.82) is 0 Å². The van der Waals surface area contributed by atoms with Crippen LogP contribution >= 0.6 is 12.2 Å². The van der Waals surface area contributed by atoms with Gasteiger partial charge in [-0.05, 0) is 18.1 Å². The molecule has 0 spiro atoms. The lowest BCUT2D eigenvalue weighted by Gasteiger charge is -2.07. The Labute approximate surface area is 117 Å². The average molecular weight is 273 g/mol. The van der Waals surface area contributed by atoms with Gasteiger partial charge in [0.2, 0.25) is 5.91 Å². The second-order valence-electron chi connectivity index (χ2n) is 4.24. The Balaban J connectivity index is 1.98. The lowest BCUT2D eigenvalue weighted by atomic mass is 10.1. The van der Waals surface area contributed by atoms with Crippen molar-refractivity contribution in [1.82, 2.24) is 10.3 Å². The molecule has 0 radical (unpaired) electrons. The van der Waals surface area contributed by atoms with Crippen LogP contribution in [-0.4, -0.2) is 22.4 Å². The van der Waals surface area contributed by atoms with Crippen LogP contribution in [0.1, 0.15) is 12.0 Å². The fourth-order valence-corrected chi connectivity index (χ4v) is 2.06. The number of nitrogens with zero attached hydrogens (tertiary/aromatic N) is 1. The number of benzene rings is 1. The van der Waals surface area contributed by atoms with E-state index in [4.69, 9.17) is 5.73 Å². The number of thiocarbonyl (C=S) groups is 1. The van der Waals surface area contributed by atoms with E-state index in [1.807, 2.05) is 30.3 Å². The molecule has 1 amide bonds. The van der Waals surface area contributed by atoms with Crippen LogP contribution in [0.25, 0.3) is 10.9 Å². The predicted octanol–water partition coefficient (Wildman–Crippen LogP) is 1.57. The van der Waals surface area contributed by atoms with Crippen LogP contribution in [0.5, 0.6) is 0 Å². The molecular formula is C14H15N3OS. The number of amides is 1. The maximum Gasteiger partial charge on any atom is 0.226 e. The monoisotopic (exact) mass is 273 g/mol. The topological polar surface area (TPSA) is 68.0 Å². The van der Waals surface area contributed by atoms with Gasteiger partial charge < -0.3 is 11.1 Å². The van der Waals surface area contributed by atoms with E-state index in [0.29, 0.717) is 6.54 Å². The van der Waals surface area contributed by atoms with Gasteiger partial charge in [-0.15, -0.1) is 0 Å². The first-order valence-electron chi connectivity index (χ1n) is 6.04. The van der Waals surface area contributed by atoms with Gasteiger partial charge in [-0.1, -0.05) is 36.5 Å². The van der Waals surface area contributed by atoms with E-state index in [9.17, 15) is 4.79 Å². The molecule has 0 saturated carbocycles. The van der Waals surface area contributed by atoms with Crippen LogP contribution in [0.4, 0.5) is 0 Å². The van der Waals surface area contributed by atoms with Crippen LogP contribution < -0.4 is 11.1 Å². The molecule has 2 aromatic rings. The average Bonchev–Trinajstić information content (AvgIpc) is 2.38. The van der Waals surface area contributed by atoms with Gasteiger partial charge in [0.15, 0.2) is 0 Å². The molecule has 0 atom stereocenters. The first-order chi connectivity index (χ1) is 9.16. The Morgan fingerprint density at radius 2 is 2.11 bits per heavy atom. The van der Waals surface area contributed by atoms with E-state index >= 15 is 0 Å². The number of fused-ring (bicyclic) bond motifs is 1. The van der Waals surface area contributed by atoms with E-state index in [-0.39, 0.29) is 17.3 Å². The van der Waals surface area contributed by atoms with Gasteiger partial charge in [-0.2, -0.15) is 0 Å². The van der Waals surface area contributed by atoms with E-state index in [2.05, 4.69) is 22.5 Å². The molecule has 0 aliphatic carbocycles. The number of hydrogen-bond donors (Lipinski definition) is 2. The summed E-state index contributed by atoms with van der Waals surface area (Å²) in [5.41, 5.74) is 7.41. The van der Waals surface area contributed by atoms with Crippen molar-refractivity contribution in [3.05, 3.63) is 42.1 Å². The van der Waals surface area contributed by atoms with Gasteiger partial charge in [0, 0.05) is 18.1 Å². The molecule has 0 aliphatic rings. The molecule has 98 valence electrons. The fraction of sp³-hybridized carbons (Fsp3) is 0.214. The Bertz CT molecular complexity index is 607. The summed E-state index contributed by atoms with van der Waals surface area (Å²) in [6, 6.07) is 9.98. The van der Waals surface area contributed by atoms with E-state index in [0.717, 1.165) is 22.9 Å². The fourth-order valence-electron chi connectivity index (χ4n) is 1.93. The number of rotatable bonds is 5. The second kappa shape index (κ2) is 6.24. The van der Waals surface area contributed by atoms with Crippen LogP contribution in [0.2, 0.25) is 0 Å². The summed E-state index contributed by atoms with van der Waals surface area (Å²) in [7, 11) is 0. The third-order valence-electron chi connectivity index (χ3n) is 2.77. The van der Waals surface area contributed by atoms with Crippen molar-refractivity contribution in [3.8, 4) is 0 Å². The van der Waals surface area contributed by atoms with Gasteiger partial charge in [0.1, 0.15) is 0 Å². The molecule has 1 aromatic heterocycles. The minimum atomic E-state index is -0.138. The summed E-state index contributed by atoms with van der Waals surface area (Å²) in [5, 5.41) is 3.90. The maximum absolute atomic E-state index is 11.4. The molecule has 0 fully saturated rings. The molecule has 4 nitrogen and oxygen atoms in total. The predicted molar refractivity (Wildman–Crippen MR) is 79.9 cm³/mol. The van der Waals surface area contributed by atoms with Crippen LogP contribution in [0.15, 0.2) is 36.5 Å². The van der Waals surface area contributed by atoms with Crippen molar-refractivity contribution < 1.29 is 4.79 Å². The molecule has 3 N–H and O–H groups in total. The number of nitrogens with one attached hydrogen (secondary N) is 1. The highest BCUT2D eigenvalue weighted by atomic mass is 32.1. The summed E-state index contributed by atoms with van der Waals surface area (Å²) >= 11 is 4.69. The molecule has 0 saturated heterocycles. The van der Waals surface area contributed by atoms with E-state index < -0.39 is 0 Å². The first kappa shape index (κ1) is 13.4. The molecule has 0 bridgehead atoms. The van der Waals surface area contributed by atoms with Crippen LogP contribution in [0, 0.1) is 0 Å². The van der Waals surface area contributed by atoms with Crippen molar-refractivity contribution in [3.63, 3.8) is 0 Å². The number of para-hydroxylation sites is 1. The Morgan fingerprint density at radius 1 is 1.32 bits per heavy atom. The summed E-state index contributed by atoms with van der Waals surface area (Å²) < 4.78 is 0. The number of nitrogens with two attached hydrogens (primary N) is 1. The van der Waals surface area contributed by atoms with Gasteiger partial charge >= 0.3 is 0 Å². The molecule has 1 aromatic carbocycles. The number of carbonyl (C=O) groups is 1. The van der Waals surface area contributed by atoms with Gasteiger partial charge in [0.05, 0.1) is 16.9 Å². The van der Waals surface area contributed by atoms with Crippen molar-refractivity contribution >= 4 is 34.0 Å². The normalized spacial score (nSPS) is 10.3. The summed E-state index contributed by atoms with van der Waals surface area (Å²) in [6.07, 6.45) is 2.61. The number of pyridine rings is 1. The summed E-state index contributed by atoms with van der Waals surface area (Å²) in [6.45, 7) is 0.553. The molecule has 19 heavy (non-hydrogen) atoms. The van der Waals surface area contributed by atoms with Gasteiger partial charge in [-0.3, -0.25) is 9.78 Å². The molecule has 5 heteroatoms. The van der Waals surface area contributed by atoms with Crippen molar-refractivity contribution in [2.75, 3.05) is 6.54 Å². The molecule has 0 unspecified atom stereocenters. The Kier molecular flexibility index (Phi) is 4.41. The summed E-state index contributed by atoms with van der Waals surface area (Å²) in [4.78, 5) is 16.0. The summed E-state index contributed by atoms with van der Waals surface area (Å²) in [5.74, 6) is -0.138. The molecule has 1 heterocycles. The number of hydrogen-bond acceptors (Lipinski definition) is 3. The first-order valence-corrected chi connectivity index (χ1v) is 6.45. The van der Waals surface area contributed by atoms with E-state index in [1.165, 1.54) is 0 Å². The van der Waals surface area contributed by atoms with E-state index in [1.54, 1.807) is 6.20 Å². The second-order valence-corrected chi connectivity index (χ2v) is 4.76. The third kappa shape index (κ3) is 3.72. The zero-order valence-electron chi connectivity index (χ0n) is 10.4. The quantitative estimate of drug-likeness (QED) is 0.811. The lowest BCUT2D eigenvalue weighted by Crippen LogP contribution is -2.29. The van der Waals surface area contributed by atoms with Crippen LogP contribution in [0.3, 0.4) is 0 Å². The zero-order valence-corrected chi connectivity index (χ0v) is 11.2. The smallest absolute Gasteiger partial charge is 0.226 e. The highest BCUT2D eigenvalue weighted by Gasteiger charge is 2.04. The van der Waals surface area contributed by atoms with Crippen molar-refractivity contribution in [2.24, 2.45) is 5.73 Å². The minimum absolute atomic E-state index is 0.100. The van der Waals surface area contributed by atoms with Gasteiger partial charge in [0.25, 0.3) is 0 Å². The standard InChI is InChI=1S/C14H15N3OS/c15-12(19)9-13(18)16-8-6-11-4-1-3-10-5-2-7-17-14(10)11/h1-5,7H,6,8-9H2,(H2,15,19)(H,16,18). The Morgan fingerprint density at radius 3 is 2.89 bits per heavy atom. The maximum atomic E-state index is 11.4.